The molecule has 0 spiro atoms. The zero-order valence-corrected chi connectivity index (χ0v) is 9.21. The molecule has 14 heavy (non-hydrogen) atoms. The minimum absolute atomic E-state index is 0.165. The zero-order valence-electron chi connectivity index (χ0n) is 8.46. The first-order chi connectivity index (χ1) is 6.74. The van der Waals surface area contributed by atoms with Crippen LogP contribution < -0.4 is 5.32 Å². The SMILES string of the molecule is CCOC(C)CNc1ncccc1Cl. The summed E-state index contributed by atoms with van der Waals surface area (Å²) in [5, 5.41) is 3.76. The number of hydrogen-bond donors (Lipinski definition) is 1. The van der Waals surface area contributed by atoms with E-state index < -0.39 is 0 Å². The van der Waals surface area contributed by atoms with Crippen LogP contribution in [0.5, 0.6) is 0 Å². The second-order valence-electron chi connectivity index (χ2n) is 2.98. The molecular weight excluding hydrogens is 200 g/mol. The molecule has 1 atom stereocenters. The maximum absolute atomic E-state index is 5.92. The molecule has 1 N–H and O–H groups in total. The molecule has 1 heterocycles. The maximum Gasteiger partial charge on any atom is 0.144 e. The third-order valence-electron chi connectivity index (χ3n) is 1.77. The molecule has 0 bridgehead atoms. The molecule has 0 saturated carbocycles. The van der Waals surface area contributed by atoms with Gasteiger partial charge in [0.15, 0.2) is 0 Å². The van der Waals surface area contributed by atoms with Crippen LogP contribution in [0.2, 0.25) is 5.02 Å². The fourth-order valence-electron chi connectivity index (χ4n) is 1.10. The summed E-state index contributed by atoms with van der Waals surface area (Å²) >= 11 is 5.92. The number of anilines is 1. The van der Waals surface area contributed by atoms with Crippen LogP contribution in [0.1, 0.15) is 13.8 Å². The summed E-state index contributed by atoms with van der Waals surface area (Å²) in [6, 6.07) is 3.61. The Balaban J connectivity index is 2.41. The Labute approximate surface area is 89.4 Å². The average Bonchev–Trinajstić information content (AvgIpc) is 2.17. The summed E-state index contributed by atoms with van der Waals surface area (Å²) < 4.78 is 5.37. The van der Waals surface area contributed by atoms with Gasteiger partial charge in [-0.1, -0.05) is 11.6 Å². The second kappa shape index (κ2) is 5.83. The highest BCUT2D eigenvalue weighted by atomic mass is 35.5. The Kier molecular flexibility index (Phi) is 4.70. The topological polar surface area (TPSA) is 34.1 Å². The van der Waals surface area contributed by atoms with Gasteiger partial charge in [0.2, 0.25) is 0 Å². The molecule has 1 rings (SSSR count). The first-order valence-corrected chi connectivity index (χ1v) is 5.07. The molecule has 0 saturated heterocycles. The van der Waals surface area contributed by atoms with Crippen LogP contribution in [0.25, 0.3) is 0 Å². The molecule has 3 nitrogen and oxygen atoms in total. The molecule has 1 unspecified atom stereocenters. The van der Waals surface area contributed by atoms with E-state index in [9.17, 15) is 0 Å². The van der Waals surface area contributed by atoms with Crippen molar-refractivity contribution in [2.24, 2.45) is 0 Å². The Hall–Kier alpha value is -0.800. The number of nitrogens with one attached hydrogen (secondary N) is 1. The molecule has 0 aliphatic heterocycles. The largest absolute Gasteiger partial charge is 0.377 e. The monoisotopic (exact) mass is 214 g/mol. The molecule has 0 fully saturated rings. The summed E-state index contributed by atoms with van der Waals surface area (Å²) in [6.07, 6.45) is 1.87. The Morgan fingerprint density at radius 1 is 1.64 bits per heavy atom. The van der Waals surface area contributed by atoms with Crippen molar-refractivity contribution in [3.05, 3.63) is 23.4 Å². The van der Waals surface area contributed by atoms with E-state index in [2.05, 4.69) is 10.3 Å². The smallest absolute Gasteiger partial charge is 0.144 e. The van der Waals surface area contributed by atoms with Gasteiger partial charge in [-0.2, -0.15) is 0 Å². The highest BCUT2D eigenvalue weighted by Crippen LogP contribution is 2.17. The van der Waals surface area contributed by atoms with Gasteiger partial charge in [-0.15, -0.1) is 0 Å². The van der Waals surface area contributed by atoms with Crippen LogP contribution in [0.3, 0.4) is 0 Å². The number of hydrogen-bond acceptors (Lipinski definition) is 3. The van der Waals surface area contributed by atoms with Gasteiger partial charge in [0, 0.05) is 19.3 Å². The molecule has 0 aliphatic rings. The maximum atomic E-state index is 5.92. The quantitative estimate of drug-likeness (QED) is 0.818. The lowest BCUT2D eigenvalue weighted by Gasteiger charge is -2.13. The van der Waals surface area contributed by atoms with E-state index in [1.807, 2.05) is 19.9 Å². The summed E-state index contributed by atoms with van der Waals surface area (Å²) in [5.41, 5.74) is 0. The summed E-state index contributed by atoms with van der Waals surface area (Å²) in [7, 11) is 0. The van der Waals surface area contributed by atoms with Crippen LogP contribution in [0, 0.1) is 0 Å². The van der Waals surface area contributed by atoms with E-state index >= 15 is 0 Å². The highest BCUT2D eigenvalue weighted by Gasteiger charge is 2.03. The molecular formula is C10H15ClN2O. The fraction of sp³-hybridized carbons (Fsp3) is 0.500. The van der Waals surface area contributed by atoms with E-state index in [1.54, 1.807) is 12.3 Å². The Bertz CT molecular complexity index is 281. The van der Waals surface area contributed by atoms with Crippen LogP contribution >= 0.6 is 11.6 Å². The zero-order chi connectivity index (χ0) is 10.4. The van der Waals surface area contributed by atoms with Gasteiger partial charge in [0.25, 0.3) is 0 Å². The molecule has 0 aromatic carbocycles. The lowest BCUT2D eigenvalue weighted by molar-refractivity contribution is 0.0855. The summed E-state index contributed by atoms with van der Waals surface area (Å²) in [4.78, 5) is 4.11. The van der Waals surface area contributed by atoms with Crippen LogP contribution in [0.15, 0.2) is 18.3 Å². The molecule has 0 radical (unpaired) electrons. The molecule has 1 aromatic rings. The normalized spacial score (nSPS) is 12.5. The number of pyridine rings is 1. The van der Waals surface area contributed by atoms with Gasteiger partial charge in [-0.3, -0.25) is 0 Å². The van der Waals surface area contributed by atoms with Crippen molar-refractivity contribution in [1.82, 2.24) is 4.98 Å². The van der Waals surface area contributed by atoms with Crippen LogP contribution in [0.4, 0.5) is 5.82 Å². The standard InChI is InChI=1S/C10H15ClN2O/c1-3-14-8(2)7-13-10-9(11)5-4-6-12-10/h4-6,8H,3,7H2,1-2H3,(H,12,13). The third-order valence-corrected chi connectivity index (χ3v) is 2.07. The summed E-state index contributed by atoms with van der Waals surface area (Å²) in [6.45, 7) is 5.42. The van der Waals surface area contributed by atoms with Crippen molar-refractivity contribution in [2.75, 3.05) is 18.5 Å². The highest BCUT2D eigenvalue weighted by molar-refractivity contribution is 6.32. The van der Waals surface area contributed by atoms with Gasteiger partial charge in [-0.05, 0) is 26.0 Å². The van der Waals surface area contributed by atoms with E-state index in [0.29, 0.717) is 17.4 Å². The average molecular weight is 215 g/mol. The summed E-state index contributed by atoms with van der Waals surface area (Å²) in [5.74, 6) is 0.709. The van der Waals surface area contributed by atoms with Crippen molar-refractivity contribution < 1.29 is 4.74 Å². The number of rotatable bonds is 5. The Morgan fingerprint density at radius 3 is 3.07 bits per heavy atom. The van der Waals surface area contributed by atoms with Gasteiger partial charge in [0.05, 0.1) is 11.1 Å². The number of ether oxygens (including phenoxy) is 1. The van der Waals surface area contributed by atoms with E-state index in [-0.39, 0.29) is 6.10 Å². The van der Waals surface area contributed by atoms with Gasteiger partial charge in [-0.25, -0.2) is 4.98 Å². The minimum atomic E-state index is 0.165. The lowest BCUT2D eigenvalue weighted by Crippen LogP contribution is -2.20. The molecule has 1 aromatic heterocycles. The number of aromatic nitrogens is 1. The van der Waals surface area contributed by atoms with Crippen molar-refractivity contribution in [3.8, 4) is 0 Å². The van der Waals surface area contributed by atoms with Gasteiger partial charge >= 0.3 is 0 Å². The second-order valence-corrected chi connectivity index (χ2v) is 3.39. The molecule has 0 amide bonds. The van der Waals surface area contributed by atoms with Crippen molar-refractivity contribution in [3.63, 3.8) is 0 Å². The van der Waals surface area contributed by atoms with E-state index in [0.717, 1.165) is 6.61 Å². The third kappa shape index (κ3) is 3.52. The van der Waals surface area contributed by atoms with Crippen molar-refractivity contribution in [1.29, 1.82) is 0 Å². The van der Waals surface area contributed by atoms with Gasteiger partial charge < -0.3 is 10.1 Å². The predicted molar refractivity (Wildman–Crippen MR) is 58.8 cm³/mol. The number of nitrogens with zero attached hydrogens (tertiary/aromatic N) is 1. The molecule has 78 valence electrons. The van der Waals surface area contributed by atoms with Crippen LogP contribution in [-0.2, 0) is 4.74 Å². The fourth-order valence-corrected chi connectivity index (χ4v) is 1.29. The van der Waals surface area contributed by atoms with Crippen molar-refractivity contribution >= 4 is 17.4 Å². The molecule has 0 aliphatic carbocycles. The lowest BCUT2D eigenvalue weighted by atomic mass is 10.4. The van der Waals surface area contributed by atoms with E-state index in [4.69, 9.17) is 16.3 Å². The van der Waals surface area contributed by atoms with Crippen LogP contribution in [-0.4, -0.2) is 24.2 Å². The van der Waals surface area contributed by atoms with E-state index in [1.165, 1.54) is 0 Å². The van der Waals surface area contributed by atoms with Crippen molar-refractivity contribution in [2.45, 2.75) is 20.0 Å². The predicted octanol–water partition coefficient (Wildman–Crippen LogP) is 2.57. The molecule has 4 heteroatoms. The number of halogens is 1. The first kappa shape index (κ1) is 11.3. The van der Waals surface area contributed by atoms with Gasteiger partial charge in [0.1, 0.15) is 5.82 Å². The Morgan fingerprint density at radius 2 is 2.43 bits per heavy atom. The first-order valence-electron chi connectivity index (χ1n) is 4.70. The minimum Gasteiger partial charge on any atom is -0.377 e.